The summed E-state index contributed by atoms with van der Waals surface area (Å²) in [6, 6.07) is 0. The van der Waals surface area contributed by atoms with E-state index < -0.39 is 0 Å². The maximum absolute atomic E-state index is 11.5. The van der Waals surface area contributed by atoms with Gasteiger partial charge in [0.05, 0.1) is 0 Å². The number of carbonyl (C=O) groups excluding carboxylic acids is 1. The van der Waals surface area contributed by atoms with Crippen molar-refractivity contribution >= 4 is 5.78 Å². The summed E-state index contributed by atoms with van der Waals surface area (Å²) < 4.78 is 0. The van der Waals surface area contributed by atoms with Gasteiger partial charge in [-0.2, -0.15) is 0 Å². The number of aliphatic hydroxyl groups excluding tert-OH is 1. The SMILES string of the molecule is CC(=CCCC(C)CCO)CCC(=O)C(C)C. The molecular weight excluding hydrogens is 212 g/mol. The Labute approximate surface area is 106 Å². The minimum Gasteiger partial charge on any atom is -0.396 e. The van der Waals surface area contributed by atoms with Crippen LogP contribution in [0.3, 0.4) is 0 Å². The smallest absolute Gasteiger partial charge is 0.135 e. The zero-order chi connectivity index (χ0) is 13.3. The summed E-state index contributed by atoms with van der Waals surface area (Å²) in [6.45, 7) is 8.47. The number of aliphatic hydroxyl groups is 1. The second-order valence-corrected chi connectivity index (χ2v) is 5.37. The lowest BCUT2D eigenvalue weighted by Crippen LogP contribution is -2.06. The summed E-state index contributed by atoms with van der Waals surface area (Å²) in [6.07, 6.45) is 6.87. The Balaban J connectivity index is 3.75. The van der Waals surface area contributed by atoms with Crippen LogP contribution in [0.25, 0.3) is 0 Å². The summed E-state index contributed by atoms with van der Waals surface area (Å²) in [5, 5.41) is 8.79. The maximum atomic E-state index is 11.5. The molecule has 0 saturated carbocycles. The molecule has 0 aromatic heterocycles. The molecule has 1 atom stereocenters. The van der Waals surface area contributed by atoms with Crippen molar-refractivity contribution in [3.05, 3.63) is 11.6 Å². The fourth-order valence-electron chi connectivity index (χ4n) is 1.69. The van der Waals surface area contributed by atoms with E-state index in [2.05, 4.69) is 19.9 Å². The molecule has 1 unspecified atom stereocenters. The molecule has 0 radical (unpaired) electrons. The molecule has 100 valence electrons. The molecule has 0 bridgehead atoms. The lowest BCUT2D eigenvalue weighted by molar-refractivity contribution is -0.121. The van der Waals surface area contributed by atoms with Crippen LogP contribution >= 0.6 is 0 Å². The Morgan fingerprint density at radius 3 is 2.35 bits per heavy atom. The first-order valence-corrected chi connectivity index (χ1v) is 6.76. The quantitative estimate of drug-likeness (QED) is 0.623. The van der Waals surface area contributed by atoms with Crippen LogP contribution in [-0.4, -0.2) is 17.5 Å². The Hall–Kier alpha value is -0.630. The number of hydrogen-bond donors (Lipinski definition) is 1. The molecular formula is C15H28O2. The molecule has 0 spiro atoms. The number of Topliss-reactive ketones (excluding diaryl/α,β-unsaturated/α-hetero) is 1. The van der Waals surface area contributed by atoms with Gasteiger partial charge in [-0.25, -0.2) is 0 Å². The van der Waals surface area contributed by atoms with Gasteiger partial charge in [-0.15, -0.1) is 0 Å². The molecule has 0 aliphatic carbocycles. The summed E-state index contributed by atoms with van der Waals surface area (Å²) in [7, 11) is 0. The fourth-order valence-corrected chi connectivity index (χ4v) is 1.69. The standard InChI is InChI=1S/C15H28O2/c1-12(2)15(17)9-8-13(3)6-5-7-14(4)10-11-16/h6,12,14,16H,5,7-11H2,1-4H3. The fraction of sp³-hybridized carbons (Fsp3) is 0.800. The van der Waals surface area contributed by atoms with E-state index in [1.807, 2.05) is 13.8 Å². The van der Waals surface area contributed by atoms with E-state index in [-0.39, 0.29) is 12.5 Å². The van der Waals surface area contributed by atoms with E-state index >= 15 is 0 Å². The van der Waals surface area contributed by atoms with Crippen molar-refractivity contribution in [2.24, 2.45) is 11.8 Å². The molecule has 0 aliphatic rings. The predicted molar refractivity (Wildman–Crippen MR) is 72.9 cm³/mol. The first-order chi connectivity index (χ1) is 7.97. The van der Waals surface area contributed by atoms with E-state index in [0.717, 1.165) is 25.7 Å². The predicted octanol–water partition coefficient (Wildman–Crippen LogP) is 3.74. The van der Waals surface area contributed by atoms with E-state index in [1.165, 1.54) is 5.57 Å². The Bertz CT molecular complexity index is 241. The topological polar surface area (TPSA) is 37.3 Å². The van der Waals surface area contributed by atoms with Gasteiger partial charge in [-0.05, 0) is 38.5 Å². The second kappa shape index (κ2) is 9.41. The molecule has 1 N–H and O–H groups in total. The van der Waals surface area contributed by atoms with Crippen molar-refractivity contribution in [2.75, 3.05) is 6.61 Å². The van der Waals surface area contributed by atoms with Crippen LogP contribution in [-0.2, 0) is 4.79 Å². The van der Waals surface area contributed by atoms with Crippen LogP contribution in [0.1, 0.15) is 59.8 Å². The summed E-state index contributed by atoms with van der Waals surface area (Å²) >= 11 is 0. The zero-order valence-electron chi connectivity index (χ0n) is 11.8. The molecule has 0 heterocycles. The van der Waals surface area contributed by atoms with Crippen molar-refractivity contribution in [1.29, 1.82) is 0 Å². The monoisotopic (exact) mass is 240 g/mol. The van der Waals surface area contributed by atoms with Crippen molar-refractivity contribution in [3.8, 4) is 0 Å². The average molecular weight is 240 g/mol. The average Bonchev–Trinajstić information content (AvgIpc) is 2.26. The normalized spacial score (nSPS) is 14.1. The summed E-state index contributed by atoms with van der Waals surface area (Å²) in [5.41, 5.74) is 1.31. The van der Waals surface area contributed by atoms with Crippen molar-refractivity contribution in [3.63, 3.8) is 0 Å². The van der Waals surface area contributed by atoms with E-state index in [4.69, 9.17) is 5.11 Å². The molecule has 0 aliphatic heterocycles. The number of rotatable bonds is 9. The minimum absolute atomic E-state index is 0.160. The number of ketones is 1. The van der Waals surface area contributed by atoms with Gasteiger partial charge in [-0.3, -0.25) is 4.79 Å². The van der Waals surface area contributed by atoms with Gasteiger partial charge in [-0.1, -0.05) is 32.4 Å². The third-order valence-electron chi connectivity index (χ3n) is 3.18. The van der Waals surface area contributed by atoms with E-state index in [0.29, 0.717) is 18.1 Å². The van der Waals surface area contributed by atoms with Gasteiger partial charge in [0.15, 0.2) is 0 Å². The zero-order valence-corrected chi connectivity index (χ0v) is 11.8. The Kier molecular flexibility index (Phi) is 9.06. The van der Waals surface area contributed by atoms with Gasteiger partial charge >= 0.3 is 0 Å². The molecule has 0 fully saturated rings. The molecule has 0 rings (SSSR count). The van der Waals surface area contributed by atoms with Crippen LogP contribution in [0, 0.1) is 11.8 Å². The Morgan fingerprint density at radius 1 is 1.18 bits per heavy atom. The lowest BCUT2D eigenvalue weighted by Gasteiger charge is -2.08. The van der Waals surface area contributed by atoms with Gasteiger partial charge in [0.2, 0.25) is 0 Å². The molecule has 0 aromatic carbocycles. The Morgan fingerprint density at radius 2 is 1.82 bits per heavy atom. The van der Waals surface area contributed by atoms with Crippen LogP contribution < -0.4 is 0 Å². The van der Waals surface area contributed by atoms with E-state index in [1.54, 1.807) is 0 Å². The maximum Gasteiger partial charge on any atom is 0.135 e. The highest BCUT2D eigenvalue weighted by Crippen LogP contribution is 2.14. The van der Waals surface area contributed by atoms with Crippen LogP contribution in [0.4, 0.5) is 0 Å². The third-order valence-corrected chi connectivity index (χ3v) is 3.18. The van der Waals surface area contributed by atoms with Gasteiger partial charge < -0.3 is 5.11 Å². The van der Waals surface area contributed by atoms with Crippen molar-refractivity contribution in [1.82, 2.24) is 0 Å². The van der Waals surface area contributed by atoms with Gasteiger partial charge in [0.25, 0.3) is 0 Å². The number of allylic oxidation sites excluding steroid dienone is 2. The van der Waals surface area contributed by atoms with Gasteiger partial charge in [0.1, 0.15) is 5.78 Å². The number of hydrogen-bond acceptors (Lipinski definition) is 2. The highest BCUT2D eigenvalue weighted by Gasteiger charge is 2.06. The molecule has 0 aromatic rings. The van der Waals surface area contributed by atoms with Crippen LogP contribution in [0.15, 0.2) is 11.6 Å². The first-order valence-electron chi connectivity index (χ1n) is 6.76. The summed E-state index contributed by atoms with van der Waals surface area (Å²) in [5.74, 6) is 1.10. The van der Waals surface area contributed by atoms with Crippen LogP contribution in [0.2, 0.25) is 0 Å². The molecule has 2 heteroatoms. The summed E-state index contributed by atoms with van der Waals surface area (Å²) in [4.78, 5) is 11.5. The first kappa shape index (κ1) is 16.4. The highest BCUT2D eigenvalue weighted by atomic mass is 16.3. The second-order valence-electron chi connectivity index (χ2n) is 5.37. The highest BCUT2D eigenvalue weighted by molar-refractivity contribution is 5.80. The molecule has 0 amide bonds. The molecule has 0 saturated heterocycles. The largest absolute Gasteiger partial charge is 0.396 e. The third kappa shape index (κ3) is 9.11. The van der Waals surface area contributed by atoms with E-state index in [9.17, 15) is 4.79 Å². The van der Waals surface area contributed by atoms with Crippen LogP contribution in [0.5, 0.6) is 0 Å². The number of carbonyl (C=O) groups is 1. The van der Waals surface area contributed by atoms with Crippen molar-refractivity contribution in [2.45, 2.75) is 59.8 Å². The molecule has 2 nitrogen and oxygen atoms in total. The lowest BCUT2D eigenvalue weighted by atomic mass is 9.99. The molecule has 17 heavy (non-hydrogen) atoms. The van der Waals surface area contributed by atoms with Crippen molar-refractivity contribution < 1.29 is 9.90 Å². The minimum atomic E-state index is 0.160. The van der Waals surface area contributed by atoms with Gasteiger partial charge in [0, 0.05) is 18.9 Å².